The number of benzene rings is 2. The molecule has 4 N–H and O–H groups in total. The van der Waals surface area contributed by atoms with Crippen molar-refractivity contribution in [3.63, 3.8) is 0 Å². The number of hydrogen-bond donors (Lipinski definition) is 4. The maximum absolute atomic E-state index is 13.8. The first kappa shape index (κ1) is 23.6. The summed E-state index contributed by atoms with van der Waals surface area (Å²) in [6, 6.07) is 12.3. The van der Waals surface area contributed by atoms with Crippen molar-refractivity contribution in [1.29, 1.82) is 5.26 Å². The predicted molar refractivity (Wildman–Crippen MR) is 139 cm³/mol. The Morgan fingerprint density at radius 3 is 2.76 bits per heavy atom. The van der Waals surface area contributed by atoms with Crippen molar-refractivity contribution in [2.45, 2.75) is 12.5 Å². The van der Waals surface area contributed by atoms with Gasteiger partial charge in [-0.15, -0.1) is 0 Å². The average molecular weight is 530 g/mol. The first-order valence-electron chi connectivity index (χ1n) is 11.6. The highest BCUT2D eigenvalue weighted by molar-refractivity contribution is 6.36. The molecular formula is C26H18ClF2N9. The van der Waals surface area contributed by atoms with Gasteiger partial charge in [0.15, 0.2) is 5.82 Å². The molecular weight excluding hydrogens is 512 g/mol. The van der Waals surface area contributed by atoms with E-state index in [9.17, 15) is 14.0 Å². The number of nitrogens with one attached hydrogen (secondary N) is 4. The highest BCUT2D eigenvalue weighted by atomic mass is 35.5. The number of pyridine rings is 2. The van der Waals surface area contributed by atoms with Crippen molar-refractivity contribution in [1.82, 2.24) is 25.4 Å². The van der Waals surface area contributed by atoms with Crippen LogP contribution in [0.4, 0.5) is 31.5 Å². The molecule has 1 unspecified atom stereocenters. The third-order valence-electron chi connectivity index (χ3n) is 6.37. The van der Waals surface area contributed by atoms with Crippen molar-refractivity contribution >= 4 is 45.3 Å². The van der Waals surface area contributed by atoms with E-state index in [4.69, 9.17) is 11.6 Å². The lowest BCUT2D eigenvalue weighted by Gasteiger charge is -2.22. The Bertz CT molecular complexity index is 1720. The van der Waals surface area contributed by atoms with Crippen LogP contribution in [0, 0.1) is 23.1 Å². The van der Waals surface area contributed by atoms with Crippen LogP contribution < -0.4 is 16.0 Å². The quantitative estimate of drug-likeness (QED) is 0.213. The molecule has 1 atom stereocenters. The summed E-state index contributed by atoms with van der Waals surface area (Å²) in [5.74, 6) is -2.33. The van der Waals surface area contributed by atoms with Crippen LogP contribution in [0.1, 0.15) is 28.4 Å². The van der Waals surface area contributed by atoms with E-state index in [1.54, 1.807) is 18.3 Å². The van der Waals surface area contributed by atoms with Gasteiger partial charge in [-0.3, -0.25) is 4.98 Å². The Morgan fingerprint density at radius 2 is 1.97 bits per heavy atom. The van der Waals surface area contributed by atoms with E-state index >= 15 is 0 Å². The first-order valence-corrected chi connectivity index (χ1v) is 12.0. The minimum atomic E-state index is -1.22. The number of fused-ring (bicyclic) bond motifs is 2. The van der Waals surface area contributed by atoms with Gasteiger partial charge in [0.05, 0.1) is 45.9 Å². The van der Waals surface area contributed by atoms with Crippen LogP contribution >= 0.6 is 11.6 Å². The van der Waals surface area contributed by atoms with Crippen molar-refractivity contribution in [2.75, 3.05) is 22.5 Å². The van der Waals surface area contributed by atoms with Crippen LogP contribution in [0.3, 0.4) is 0 Å². The second-order valence-corrected chi connectivity index (χ2v) is 9.06. The Hall–Kier alpha value is -4.82. The summed E-state index contributed by atoms with van der Waals surface area (Å²) in [7, 11) is 0. The standard InChI is InChI=1S/C26H18ClF2N9/c27-19-7-14(35-25(22-12-34-38-37-22)17-2-1-3-21-16(17)4-5-31-21)6-18-23(13(9-30)10-32-24(18)19)36-15-8-20(28)26(29)33-11-15/h1-3,6-8,10-12,25,31,35H,4-5H2,(H,32,36)(H,34,37,38). The molecule has 0 spiro atoms. The molecule has 3 aromatic heterocycles. The molecule has 6 rings (SSSR count). The van der Waals surface area contributed by atoms with E-state index in [0.717, 1.165) is 36.5 Å². The van der Waals surface area contributed by atoms with Crippen molar-refractivity contribution in [3.8, 4) is 6.07 Å². The van der Waals surface area contributed by atoms with Gasteiger partial charge in [0.2, 0.25) is 5.95 Å². The predicted octanol–water partition coefficient (Wildman–Crippen LogP) is 5.46. The molecule has 0 saturated heterocycles. The van der Waals surface area contributed by atoms with Crippen LogP contribution in [-0.2, 0) is 6.42 Å². The van der Waals surface area contributed by atoms with E-state index in [1.807, 2.05) is 18.2 Å². The zero-order valence-electron chi connectivity index (χ0n) is 19.6. The SMILES string of the molecule is N#Cc1cnc2c(Cl)cc(NC(c3cn[nH]n3)c3cccc4c3CCN4)cc2c1Nc1cnc(F)c(F)c1. The fourth-order valence-electron chi connectivity index (χ4n) is 4.67. The lowest BCUT2D eigenvalue weighted by atomic mass is 9.96. The Morgan fingerprint density at radius 1 is 1.08 bits per heavy atom. The fourth-order valence-corrected chi connectivity index (χ4v) is 4.93. The number of rotatable bonds is 6. The second-order valence-electron chi connectivity index (χ2n) is 8.66. The van der Waals surface area contributed by atoms with Gasteiger partial charge in [-0.2, -0.15) is 25.1 Å². The number of H-pyrrole nitrogens is 1. The van der Waals surface area contributed by atoms with Gasteiger partial charge in [-0.1, -0.05) is 23.7 Å². The molecule has 1 aliphatic heterocycles. The van der Waals surface area contributed by atoms with E-state index in [-0.39, 0.29) is 17.3 Å². The van der Waals surface area contributed by atoms with Gasteiger partial charge in [0.25, 0.3) is 0 Å². The molecule has 9 nitrogen and oxygen atoms in total. The van der Waals surface area contributed by atoms with E-state index in [2.05, 4.69) is 47.4 Å². The molecule has 5 aromatic rings. The molecule has 1 aliphatic rings. The Balaban J connectivity index is 1.46. The topological polar surface area (TPSA) is 127 Å². The number of halogens is 3. The normalized spacial score (nSPS) is 13.0. The molecule has 0 aliphatic carbocycles. The summed E-state index contributed by atoms with van der Waals surface area (Å²) >= 11 is 6.65. The summed E-state index contributed by atoms with van der Waals surface area (Å²) in [6.45, 7) is 0.843. The minimum Gasteiger partial charge on any atom is -0.384 e. The summed E-state index contributed by atoms with van der Waals surface area (Å²) in [4.78, 5) is 7.77. The maximum Gasteiger partial charge on any atom is 0.249 e. The van der Waals surface area contributed by atoms with Gasteiger partial charge in [-0.25, -0.2) is 9.37 Å². The smallest absolute Gasteiger partial charge is 0.249 e. The zero-order valence-corrected chi connectivity index (χ0v) is 20.3. The minimum absolute atomic E-state index is 0.162. The molecule has 0 saturated carbocycles. The van der Waals surface area contributed by atoms with Crippen LogP contribution in [0.25, 0.3) is 10.9 Å². The number of nitriles is 1. The molecule has 38 heavy (non-hydrogen) atoms. The summed E-state index contributed by atoms with van der Waals surface area (Å²) < 4.78 is 27.2. The molecule has 12 heteroatoms. The lowest BCUT2D eigenvalue weighted by molar-refractivity contribution is 0.480. The summed E-state index contributed by atoms with van der Waals surface area (Å²) in [5, 5.41) is 31.5. The second kappa shape index (κ2) is 9.57. The molecule has 2 aromatic carbocycles. The number of aromatic nitrogens is 5. The monoisotopic (exact) mass is 529 g/mol. The van der Waals surface area contributed by atoms with Gasteiger partial charge in [0, 0.05) is 35.6 Å². The summed E-state index contributed by atoms with van der Waals surface area (Å²) in [6.07, 6.45) is 5.03. The molecule has 188 valence electrons. The maximum atomic E-state index is 13.8. The van der Waals surface area contributed by atoms with Crippen molar-refractivity contribution in [3.05, 3.63) is 94.2 Å². The van der Waals surface area contributed by atoms with Gasteiger partial charge < -0.3 is 16.0 Å². The van der Waals surface area contributed by atoms with E-state index in [1.165, 1.54) is 11.8 Å². The van der Waals surface area contributed by atoms with Crippen LogP contribution in [0.2, 0.25) is 5.02 Å². The molecule has 0 radical (unpaired) electrons. The summed E-state index contributed by atoms with van der Waals surface area (Å²) in [5.41, 5.74) is 5.71. The molecule has 0 fully saturated rings. The number of hydrogen-bond acceptors (Lipinski definition) is 8. The average Bonchev–Trinajstić information content (AvgIpc) is 3.62. The molecule has 0 bridgehead atoms. The van der Waals surface area contributed by atoms with E-state index < -0.39 is 11.8 Å². The van der Waals surface area contributed by atoms with E-state index in [0.29, 0.717) is 33.0 Å². The Labute approximate surface area is 219 Å². The lowest BCUT2D eigenvalue weighted by Crippen LogP contribution is -2.15. The van der Waals surface area contributed by atoms with Crippen molar-refractivity contribution < 1.29 is 8.78 Å². The molecule has 4 heterocycles. The highest BCUT2D eigenvalue weighted by Gasteiger charge is 2.24. The molecule has 0 amide bonds. The third kappa shape index (κ3) is 4.21. The number of anilines is 4. The van der Waals surface area contributed by atoms with Gasteiger partial charge >= 0.3 is 0 Å². The van der Waals surface area contributed by atoms with Crippen LogP contribution in [0.5, 0.6) is 0 Å². The number of nitrogens with zero attached hydrogens (tertiary/aromatic N) is 5. The van der Waals surface area contributed by atoms with Gasteiger partial charge in [-0.05, 0) is 35.7 Å². The van der Waals surface area contributed by atoms with Crippen molar-refractivity contribution in [2.24, 2.45) is 0 Å². The number of aromatic amines is 1. The van der Waals surface area contributed by atoms with Crippen LogP contribution in [-0.4, -0.2) is 31.9 Å². The van der Waals surface area contributed by atoms with Crippen LogP contribution in [0.15, 0.2) is 55.0 Å². The Kier molecular flexibility index (Phi) is 5.94. The van der Waals surface area contributed by atoms with Gasteiger partial charge in [0.1, 0.15) is 11.8 Å². The first-order chi connectivity index (χ1) is 18.5. The zero-order chi connectivity index (χ0) is 26.2. The highest BCUT2D eigenvalue weighted by Crippen LogP contribution is 2.38. The largest absolute Gasteiger partial charge is 0.384 e. The third-order valence-corrected chi connectivity index (χ3v) is 6.65. The fraction of sp³-hybridized carbons (Fsp3) is 0.115.